The van der Waals surface area contributed by atoms with Gasteiger partial charge in [0, 0.05) is 49.0 Å². The Balaban J connectivity index is 1.53. The van der Waals surface area contributed by atoms with Crippen LogP contribution in [0.3, 0.4) is 0 Å². The number of hydrogen-bond donors (Lipinski definition) is 1. The number of thioether (sulfide) groups is 1. The Bertz CT molecular complexity index is 529. The van der Waals surface area contributed by atoms with Gasteiger partial charge in [0.2, 0.25) is 0 Å². The van der Waals surface area contributed by atoms with Crippen molar-refractivity contribution >= 4 is 29.1 Å². The lowest BCUT2D eigenvalue weighted by Gasteiger charge is -2.45. The topological polar surface area (TPSA) is 40.5 Å². The van der Waals surface area contributed by atoms with E-state index in [0.717, 1.165) is 37.0 Å². The molecule has 128 valence electrons. The summed E-state index contributed by atoms with van der Waals surface area (Å²) in [7, 11) is 1.91. The molecule has 23 heavy (non-hydrogen) atoms. The first kappa shape index (κ1) is 17.1. The fourth-order valence-corrected chi connectivity index (χ4v) is 5.90. The smallest absolute Gasteiger partial charge is 0.193 e. The van der Waals surface area contributed by atoms with Crippen molar-refractivity contribution in [1.29, 1.82) is 0 Å². The Morgan fingerprint density at radius 3 is 2.91 bits per heavy atom. The summed E-state index contributed by atoms with van der Waals surface area (Å²) in [4.78, 5) is 11.5. The summed E-state index contributed by atoms with van der Waals surface area (Å²) in [5.74, 6) is 2.30. The Hall–Kier alpha value is -0.750. The van der Waals surface area contributed by atoms with Crippen LogP contribution < -0.4 is 5.32 Å². The van der Waals surface area contributed by atoms with Gasteiger partial charge in [-0.25, -0.2) is 4.98 Å². The van der Waals surface area contributed by atoms with E-state index < -0.39 is 0 Å². The van der Waals surface area contributed by atoms with E-state index in [9.17, 15) is 0 Å². The highest BCUT2D eigenvalue weighted by Gasteiger charge is 2.38. The number of guanidine groups is 1. The molecule has 6 heteroatoms. The summed E-state index contributed by atoms with van der Waals surface area (Å²) in [6, 6.07) is 0. The number of aliphatic imine (C=N–C) groups is 1. The van der Waals surface area contributed by atoms with Gasteiger partial charge < -0.3 is 10.2 Å². The molecule has 1 N–H and O–H groups in total. The van der Waals surface area contributed by atoms with Crippen LogP contribution in [-0.4, -0.2) is 53.0 Å². The SMILES string of the molecule is CN=C(NCCc1csc(C)n1)N1CCSC2(CCCCC2)C1. The maximum atomic E-state index is 4.54. The Morgan fingerprint density at radius 1 is 1.39 bits per heavy atom. The van der Waals surface area contributed by atoms with Crippen LogP contribution in [0.5, 0.6) is 0 Å². The highest BCUT2D eigenvalue weighted by molar-refractivity contribution is 8.00. The molecule has 2 fully saturated rings. The zero-order valence-corrected chi connectivity index (χ0v) is 15.9. The third-order valence-electron chi connectivity index (χ3n) is 4.86. The molecule has 1 saturated heterocycles. The van der Waals surface area contributed by atoms with Crippen LogP contribution in [-0.2, 0) is 6.42 Å². The quantitative estimate of drug-likeness (QED) is 0.669. The van der Waals surface area contributed by atoms with Gasteiger partial charge in [-0.3, -0.25) is 4.99 Å². The molecule has 0 amide bonds. The van der Waals surface area contributed by atoms with Crippen molar-refractivity contribution in [3.63, 3.8) is 0 Å². The van der Waals surface area contributed by atoms with Gasteiger partial charge in [-0.05, 0) is 19.8 Å². The van der Waals surface area contributed by atoms with Gasteiger partial charge in [0.05, 0.1) is 10.7 Å². The predicted octanol–water partition coefficient (Wildman–Crippen LogP) is 3.32. The summed E-state index contributed by atoms with van der Waals surface area (Å²) >= 11 is 3.94. The van der Waals surface area contributed by atoms with Crippen molar-refractivity contribution < 1.29 is 0 Å². The highest BCUT2D eigenvalue weighted by Crippen LogP contribution is 2.42. The number of hydrogen-bond acceptors (Lipinski definition) is 4. The Morgan fingerprint density at radius 2 is 2.22 bits per heavy atom. The van der Waals surface area contributed by atoms with Crippen molar-refractivity contribution in [3.8, 4) is 0 Å². The van der Waals surface area contributed by atoms with Gasteiger partial charge in [-0.2, -0.15) is 11.8 Å². The molecule has 2 heterocycles. The average Bonchev–Trinajstić information content (AvgIpc) is 2.98. The second-order valence-corrected chi connectivity index (χ2v) is 9.22. The molecule has 0 unspecified atom stereocenters. The van der Waals surface area contributed by atoms with Crippen molar-refractivity contribution in [2.24, 2.45) is 4.99 Å². The monoisotopic (exact) mass is 352 g/mol. The van der Waals surface area contributed by atoms with E-state index in [1.807, 2.05) is 7.05 Å². The molecule has 0 radical (unpaired) electrons. The molecular formula is C17H28N4S2. The third kappa shape index (κ3) is 4.41. The second-order valence-electron chi connectivity index (χ2n) is 6.60. The zero-order valence-electron chi connectivity index (χ0n) is 14.3. The van der Waals surface area contributed by atoms with Gasteiger partial charge in [-0.15, -0.1) is 11.3 Å². The third-order valence-corrected chi connectivity index (χ3v) is 7.21. The minimum Gasteiger partial charge on any atom is -0.356 e. The highest BCUT2D eigenvalue weighted by atomic mass is 32.2. The normalized spacial score (nSPS) is 21.7. The van der Waals surface area contributed by atoms with E-state index >= 15 is 0 Å². The summed E-state index contributed by atoms with van der Waals surface area (Å²) in [5.41, 5.74) is 1.19. The maximum Gasteiger partial charge on any atom is 0.193 e. The van der Waals surface area contributed by atoms with Crippen molar-refractivity contribution in [1.82, 2.24) is 15.2 Å². The molecule has 1 spiro atoms. The molecule has 3 rings (SSSR count). The summed E-state index contributed by atoms with van der Waals surface area (Å²) < 4.78 is 0.486. The number of aryl methyl sites for hydroxylation is 1. The van der Waals surface area contributed by atoms with Gasteiger partial charge in [0.25, 0.3) is 0 Å². The number of nitrogens with one attached hydrogen (secondary N) is 1. The number of thiazole rings is 1. The van der Waals surface area contributed by atoms with E-state index in [-0.39, 0.29) is 0 Å². The van der Waals surface area contributed by atoms with Gasteiger partial charge >= 0.3 is 0 Å². The first-order valence-electron chi connectivity index (χ1n) is 8.71. The molecule has 0 bridgehead atoms. The van der Waals surface area contributed by atoms with Crippen molar-refractivity contribution in [3.05, 3.63) is 16.1 Å². The Kier molecular flexibility index (Phi) is 5.85. The maximum absolute atomic E-state index is 4.54. The number of aromatic nitrogens is 1. The van der Waals surface area contributed by atoms with E-state index in [2.05, 4.69) is 44.3 Å². The number of rotatable bonds is 3. The van der Waals surface area contributed by atoms with Gasteiger partial charge in [0.1, 0.15) is 0 Å². The Labute approximate surface area is 148 Å². The molecule has 1 aromatic rings. The van der Waals surface area contributed by atoms with Crippen LogP contribution in [0.15, 0.2) is 10.4 Å². The van der Waals surface area contributed by atoms with Crippen LogP contribution in [0.4, 0.5) is 0 Å². The molecule has 1 saturated carbocycles. The predicted molar refractivity (Wildman–Crippen MR) is 102 cm³/mol. The molecule has 0 atom stereocenters. The largest absolute Gasteiger partial charge is 0.356 e. The van der Waals surface area contributed by atoms with Crippen LogP contribution in [0.1, 0.15) is 42.8 Å². The van der Waals surface area contributed by atoms with E-state index in [4.69, 9.17) is 0 Å². The van der Waals surface area contributed by atoms with E-state index in [1.54, 1.807) is 11.3 Å². The van der Waals surface area contributed by atoms with E-state index in [1.165, 1.54) is 43.6 Å². The molecule has 1 aliphatic carbocycles. The first-order chi connectivity index (χ1) is 11.2. The summed E-state index contributed by atoms with van der Waals surface area (Å²) in [6.07, 6.45) is 7.94. The number of nitrogens with zero attached hydrogens (tertiary/aromatic N) is 3. The minimum absolute atomic E-state index is 0.486. The molecule has 1 aliphatic heterocycles. The molecule has 2 aliphatic rings. The fraction of sp³-hybridized carbons (Fsp3) is 0.765. The standard InChI is InChI=1S/C17H28N4S2/c1-14-20-15(12-22-14)6-9-19-16(18-2)21-10-11-23-17(13-21)7-4-3-5-8-17/h12H,3-11,13H2,1-2H3,(H,18,19). The molecule has 0 aromatic carbocycles. The van der Waals surface area contributed by atoms with Crippen LogP contribution in [0.2, 0.25) is 0 Å². The molecular weight excluding hydrogens is 324 g/mol. The van der Waals surface area contributed by atoms with Crippen molar-refractivity contribution in [2.75, 3.05) is 32.4 Å². The molecule has 1 aromatic heterocycles. The van der Waals surface area contributed by atoms with Gasteiger partial charge in [0.15, 0.2) is 5.96 Å². The zero-order chi connectivity index (χ0) is 16.1. The minimum atomic E-state index is 0.486. The fourth-order valence-electron chi connectivity index (χ4n) is 3.68. The first-order valence-corrected chi connectivity index (χ1v) is 10.6. The summed E-state index contributed by atoms with van der Waals surface area (Å²) in [6.45, 7) is 5.25. The van der Waals surface area contributed by atoms with E-state index in [0.29, 0.717) is 4.75 Å². The lowest BCUT2D eigenvalue weighted by Crippen LogP contribution is -2.53. The van der Waals surface area contributed by atoms with Crippen LogP contribution in [0.25, 0.3) is 0 Å². The average molecular weight is 353 g/mol. The second kappa shape index (κ2) is 7.88. The van der Waals surface area contributed by atoms with Crippen LogP contribution >= 0.6 is 23.1 Å². The molecule has 4 nitrogen and oxygen atoms in total. The lowest BCUT2D eigenvalue weighted by molar-refractivity contribution is 0.293. The lowest BCUT2D eigenvalue weighted by atomic mass is 9.87. The van der Waals surface area contributed by atoms with Crippen LogP contribution in [0, 0.1) is 6.92 Å². The summed E-state index contributed by atoms with van der Waals surface area (Å²) in [5, 5.41) is 6.86. The van der Waals surface area contributed by atoms with Crippen molar-refractivity contribution in [2.45, 2.75) is 50.2 Å². The van der Waals surface area contributed by atoms with Gasteiger partial charge in [-0.1, -0.05) is 19.3 Å².